The summed E-state index contributed by atoms with van der Waals surface area (Å²) in [7, 11) is -3.66. The number of hydrogen-bond acceptors (Lipinski definition) is 3. The lowest BCUT2D eigenvalue weighted by Gasteiger charge is -2.21. The van der Waals surface area contributed by atoms with Crippen LogP contribution in [0.5, 0.6) is 0 Å². The van der Waals surface area contributed by atoms with Crippen molar-refractivity contribution in [2.45, 2.75) is 25.3 Å². The molecule has 0 aliphatic rings. The minimum atomic E-state index is -3.66. The van der Waals surface area contributed by atoms with E-state index in [2.05, 4.69) is 4.72 Å². The molecule has 134 valence electrons. The van der Waals surface area contributed by atoms with E-state index in [1.807, 2.05) is 31.2 Å². The van der Waals surface area contributed by atoms with Gasteiger partial charge in [-0.1, -0.05) is 47.5 Å². The van der Waals surface area contributed by atoms with Crippen LogP contribution in [0, 0.1) is 6.92 Å². The van der Waals surface area contributed by atoms with Gasteiger partial charge in [-0.15, -0.1) is 0 Å². The topological polar surface area (TPSA) is 66.5 Å². The second kappa shape index (κ2) is 8.47. The van der Waals surface area contributed by atoms with Crippen LogP contribution in [0.2, 0.25) is 5.02 Å². The first-order valence-electron chi connectivity index (χ1n) is 7.84. The molecule has 7 heteroatoms. The molecule has 0 aromatic heterocycles. The van der Waals surface area contributed by atoms with Crippen molar-refractivity contribution < 1.29 is 13.2 Å². The summed E-state index contributed by atoms with van der Waals surface area (Å²) in [5, 5.41) is 0.354. The van der Waals surface area contributed by atoms with Gasteiger partial charge >= 0.3 is 0 Å². The minimum Gasteiger partial charge on any atom is -0.337 e. The molecule has 25 heavy (non-hydrogen) atoms. The van der Waals surface area contributed by atoms with Crippen LogP contribution in [0.15, 0.2) is 53.4 Å². The maximum atomic E-state index is 12.3. The van der Waals surface area contributed by atoms with Crippen molar-refractivity contribution in [2.24, 2.45) is 0 Å². The Labute approximate surface area is 153 Å². The molecule has 2 aromatic carbocycles. The number of rotatable bonds is 7. The van der Waals surface area contributed by atoms with Crippen LogP contribution in [-0.2, 0) is 21.4 Å². The van der Waals surface area contributed by atoms with Crippen LogP contribution < -0.4 is 4.72 Å². The highest BCUT2D eigenvalue weighted by Gasteiger charge is 2.15. The first-order chi connectivity index (χ1) is 11.8. The molecule has 0 saturated carbocycles. The largest absolute Gasteiger partial charge is 0.337 e. The Kier molecular flexibility index (Phi) is 6.58. The summed E-state index contributed by atoms with van der Waals surface area (Å²) >= 11 is 5.83. The lowest BCUT2D eigenvalue weighted by atomic mass is 10.1. The molecule has 0 fully saturated rings. The Hall–Kier alpha value is -1.89. The molecular weight excluding hydrogens is 360 g/mol. The first-order valence-corrected chi connectivity index (χ1v) is 9.70. The Bertz CT molecular complexity index is 836. The Morgan fingerprint density at radius 2 is 1.84 bits per heavy atom. The van der Waals surface area contributed by atoms with Crippen molar-refractivity contribution in [2.75, 3.05) is 13.1 Å². The fourth-order valence-electron chi connectivity index (χ4n) is 2.29. The van der Waals surface area contributed by atoms with Gasteiger partial charge in [0.1, 0.15) is 0 Å². The highest BCUT2D eigenvalue weighted by Crippen LogP contribution is 2.15. The van der Waals surface area contributed by atoms with Crippen molar-refractivity contribution in [3.05, 3.63) is 64.7 Å². The van der Waals surface area contributed by atoms with E-state index in [9.17, 15) is 13.2 Å². The Morgan fingerprint density at radius 1 is 1.16 bits per heavy atom. The van der Waals surface area contributed by atoms with Gasteiger partial charge in [-0.25, -0.2) is 13.1 Å². The summed E-state index contributed by atoms with van der Waals surface area (Å²) in [6.07, 6.45) is 0. The molecule has 0 heterocycles. The van der Waals surface area contributed by atoms with Crippen LogP contribution >= 0.6 is 11.6 Å². The molecule has 5 nitrogen and oxygen atoms in total. The van der Waals surface area contributed by atoms with Crippen molar-refractivity contribution >= 4 is 27.5 Å². The van der Waals surface area contributed by atoms with Crippen molar-refractivity contribution in [1.82, 2.24) is 9.62 Å². The molecule has 0 spiro atoms. The number of nitrogens with one attached hydrogen (secondary N) is 1. The number of carbonyl (C=O) groups excluding carboxylic acids is 1. The van der Waals surface area contributed by atoms with Crippen LogP contribution in [-0.4, -0.2) is 32.3 Å². The van der Waals surface area contributed by atoms with Gasteiger partial charge in [-0.05, 0) is 30.7 Å². The third kappa shape index (κ3) is 5.85. The van der Waals surface area contributed by atoms with Gasteiger partial charge in [-0.3, -0.25) is 4.79 Å². The standard InChI is InChI=1S/C18H21ClN2O3S/c1-14-6-8-16(9-7-14)13-21(15(2)22)11-10-20-25(23,24)18-5-3-4-17(19)12-18/h3-9,12,20H,10-11,13H2,1-2H3. The van der Waals surface area contributed by atoms with Crippen molar-refractivity contribution in [3.63, 3.8) is 0 Å². The molecule has 0 saturated heterocycles. The number of aryl methyl sites for hydroxylation is 1. The third-order valence-electron chi connectivity index (χ3n) is 3.72. The molecule has 0 unspecified atom stereocenters. The van der Waals surface area contributed by atoms with Gasteiger partial charge < -0.3 is 4.90 Å². The summed E-state index contributed by atoms with van der Waals surface area (Å²) in [6.45, 7) is 4.31. The highest BCUT2D eigenvalue weighted by molar-refractivity contribution is 7.89. The van der Waals surface area contributed by atoms with E-state index in [4.69, 9.17) is 11.6 Å². The number of carbonyl (C=O) groups is 1. The normalized spacial score (nSPS) is 11.3. The van der Waals surface area contributed by atoms with Crippen molar-refractivity contribution in [1.29, 1.82) is 0 Å². The van der Waals surface area contributed by atoms with Crippen LogP contribution in [0.3, 0.4) is 0 Å². The maximum Gasteiger partial charge on any atom is 0.240 e. The number of amides is 1. The lowest BCUT2D eigenvalue weighted by Crippen LogP contribution is -2.37. The number of sulfonamides is 1. The molecule has 0 atom stereocenters. The van der Waals surface area contributed by atoms with E-state index in [1.165, 1.54) is 19.1 Å². The number of benzene rings is 2. The molecule has 2 rings (SSSR count). The SMILES string of the molecule is CC(=O)N(CCNS(=O)(=O)c1cccc(Cl)c1)Cc1ccc(C)cc1. The Balaban J connectivity index is 1.97. The monoisotopic (exact) mass is 380 g/mol. The van der Waals surface area contributed by atoms with Crippen LogP contribution in [0.1, 0.15) is 18.1 Å². The van der Waals surface area contributed by atoms with E-state index in [0.29, 0.717) is 11.6 Å². The van der Waals surface area contributed by atoms with Crippen LogP contribution in [0.25, 0.3) is 0 Å². The molecule has 0 aliphatic carbocycles. The van der Waals surface area contributed by atoms with Gasteiger partial charge in [0.15, 0.2) is 0 Å². The van der Waals surface area contributed by atoms with E-state index < -0.39 is 10.0 Å². The highest BCUT2D eigenvalue weighted by atomic mass is 35.5. The van der Waals surface area contributed by atoms with Gasteiger partial charge in [0.2, 0.25) is 15.9 Å². The fourth-order valence-corrected chi connectivity index (χ4v) is 3.62. The second-order valence-corrected chi connectivity index (χ2v) is 7.98. The fraction of sp³-hybridized carbons (Fsp3) is 0.278. The molecule has 1 amide bonds. The van der Waals surface area contributed by atoms with Gasteiger partial charge in [0.05, 0.1) is 4.90 Å². The summed E-state index contributed by atoms with van der Waals surface area (Å²) in [5.74, 6) is -0.109. The number of halogens is 1. The van der Waals surface area contributed by atoms with E-state index in [-0.39, 0.29) is 23.9 Å². The van der Waals surface area contributed by atoms with Crippen molar-refractivity contribution in [3.8, 4) is 0 Å². The van der Waals surface area contributed by atoms with Gasteiger partial charge in [0.25, 0.3) is 0 Å². The van der Waals surface area contributed by atoms with Gasteiger partial charge in [-0.2, -0.15) is 0 Å². The molecule has 0 aliphatic heterocycles. The predicted octanol–water partition coefficient (Wildman–Crippen LogP) is 2.98. The molecule has 1 N–H and O–H groups in total. The molecule has 0 radical (unpaired) electrons. The third-order valence-corrected chi connectivity index (χ3v) is 5.41. The summed E-state index contributed by atoms with van der Waals surface area (Å²) < 4.78 is 27.0. The van der Waals surface area contributed by atoms with Crippen LogP contribution in [0.4, 0.5) is 0 Å². The first kappa shape index (κ1) is 19.4. The quantitative estimate of drug-likeness (QED) is 0.803. The zero-order valence-corrected chi connectivity index (χ0v) is 15.8. The zero-order chi connectivity index (χ0) is 18.4. The smallest absolute Gasteiger partial charge is 0.240 e. The average Bonchev–Trinajstić information content (AvgIpc) is 2.55. The van der Waals surface area contributed by atoms with E-state index in [0.717, 1.165) is 11.1 Å². The zero-order valence-electron chi connectivity index (χ0n) is 14.2. The average molecular weight is 381 g/mol. The number of hydrogen-bond donors (Lipinski definition) is 1. The molecule has 0 bridgehead atoms. The summed E-state index contributed by atoms with van der Waals surface area (Å²) in [6, 6.07) is 13.9. The van der Waals surface area contributed by atoms with E-state index >= 15 is 0 Å². The second-order valence-electron chi connectivity index (χ2n) is 5.78. The minimum absolute atomic E-state index is 0.105. The number of nitrogens with zero attached hydrogens (tertiary/aromatic N) is 1. The summed E-state index contributed by atoms with van der Waals surface area (Å²) in [4.78, 5) is 13.5. The molecular formula is C18H21ClN2O3S. The van der Waals surface area contributed by atoms with Gasteiger partial charge in [0, 0.05) is 31.6 Å². The summed E-state index contributed by atoms with van der Waals surface area (Å²) in [5.41, 5.74) is 2.14. The predicted molar refractivity (Wildman–Crippen MR) is 98.9 cm³/mol. The van der Waals surface area contributed by atoms with E-state index in [1.54, 1.807) is 17.0 Å². The maximum absolute atomic E-state index is 12.3. The molecule has 2 aromatic rings. The Morgan fingerprint density at radius 3 is 2.44 bits per heavy atom. The lowest BCUT2D eigenvalue weighted by molar-refractivity contribution is -0.129.